The largest absolute Gasteiger partial charge is 0.365 e. The van der Waals surface area contributed by atoms with Gasteiger partial charge in [0.2, 0.25) is 0 Å². The molecule has 0 saturated heterocycles. The van der Waals surface area contributed by atoms with Gasteiger partial charge in [-0.25, -0.2) is 9.78 Å². The number of benzene rings is 1. The molecule has 0 bridgehead atoms. The minimum absolute atomic E-state index is 0.390. The molecule has 0 spiro atoms. The fraction of sp³-hybridized carbons (Fsp3) is 0.167. The van der Waals surface area contributed by atoms with Gasteiger partial charge in [0.15, 0.2) is 0 Å². The Balaban J connectivity index is 1.87. The third-order valence-electron chi connectivity index (χ3n) is 3.64. The van der Waals surface area contributed by atoms with Crippen molar-refractivity contribution in [1.29, 1.82) is 0 Å². The van der Waals surface area contributed by atoms with Crippen molar-refractivity contribution in [3.63, 3.8) is 0 Å². The summed E-state index contributed by atoms with van der Waals surface area (Å²) in [6.45, 7) is 5.70. The first-order valence-corrected chi connectivity index (χ1v) is 7.80. The first-order valence-electron chi connectivity index (χ1n) is 7.43. The molecular weight excluding hydrogens is 326 g/mol. The summed E-state index contributed by atoms with van der Waals surface area (Å²) in [5, 5.41) is 4.53. The second-order valence-corrected chi connectivity index (χ2v) is 5.98. The molecule has 122 valence electrons. The molecule has 0 atom stereocenters. The summed E-state index contributed by atoms with van der Waals surface area (Å²) in [6, 6.07) is 10.4. The quantitative estimate of drug-likeness (QED) is 0.408. The zero-order valence-electron chi connectivity index (χ0n) is 13.6. The van der Waals surface area contributed by atoms with Gasteiger partial charge < -0.3 is 4.84 Å². The second-order valence-electron chi connectivity index (χ2n) is 5.54. The van der Waals surface area contributed by atoms with Gasteiger partial charge in [0.05, 0.1) is 17.0 Å². The number of oxime groups is 1. The third kappa shape index (κ3) is 3.16. The van der Waals surface area contributed by atoms with E-state index in [1.165, 1.54) is 0 Å². The maximum atomic E-state index is 12.0. The molecule has 3 aromatic rings. The van der Waals surface area contributed by atoms with Crippen LogP contribution in [-0.2, 0) is 4.84 Å². The van der Waals surface area contributed by atoms with Gasteiger partial charge >= 0.3 is 5.97 Å². The van der Waals surface area contributed by atoms with Crippen LogP contribution in [0.25, 0.3) is 5.65 Å². The van der Waals surface area contributed by atoms with Crippen LogP contribution >= 0.6 is 11.6 Å². The van der Waals surface area contributed by atoms with E-state index < -0.39 is 5.97 Å². The second kappa shape index (κ2) is 6.45. The third-order valence-corrected chi connectivity index (χ3v) is 3.90. The van der Waals surface area contributed by atoms with E-state index in [4.69, 9.17) is 16.4 Å². The SMILES string of the molecule is C/C(=N\OC(=O)c1ccc(Cl)cc1)c1c(C)nc2cc(C)ccn12. The molecule has 0 N–H and O–H groups in total. The Morgan fingerprint density at radius 2 is 1.92 bits per heavy atom. The van der Waals surface area contributed by atoms with Crippen LogP contribution < -0.4 is 0 Å². The van der Waals surface area contributed by atoms with Gasteiger partial charge in [-0.2, -0.15) is 0 Å². The minimum Gasteiger partial charge on any atom is -0.312 e. The van der Waals surface area contributed by atoms with E-state index >= 15 is 0 Å². The number of rotatable bonds is 3. The van der Waals surface area contributed by atoms with Crippen LogP contribution in [0.2, 0.25) is 5.02 Å². The van der Waals surface area contributed by atoms with Crippen molar-refractivity contribution in [1.82, 2.24) is 9.38 Å². The van der Waals surface area contributed by atoms with Gasteiger partial charge in [-0.15, -0.1) is 0 Å². The van der Waals surface area contributed by atoms with E-state index in [0.29, 0.717) is 16.3 Å². The molecule has 0 aliphatic rings. The maximum absolute atomic E-state index is 12.0. The molecule has 2 heterocycles. The van der Waals surface area contributed by atoms with E-state index in [-0.39, 0.29) is 0 Å². The summed E-state index contributed by atoms with van der Waals surface area (Å²) in [5.74, 6) is -0.534. The molecule has 0 fully saturated rings. The predicted molar refractivity (Wildman–Crippen MR) is 93.7 cm³/mol. The number of aryl methyl sites for hydroxylation is 2. The molecule has 1 aromatic carbocycles. The van der Waals surface area contributed by atoms with Crippen LogP contribution in [-0.4, -0.2) is 21.1 Å². The van der Waals surface area contributed by atoms with E-state index in [1.54, 1.807) is 31.2 Å². The van der Waals surface area contributed by atoms with Gasteiger partial charge in [0.25, 0.3) is 0 Å². The van der Waals surface area contributed by atoms with E-state index in [9.17, 15) is 4.79 Å². The number of nitrogens with zero attached hydrogens (tertiary/aromatic N) is 3. The highest BCUT2D eigenvalue weighted by Gasteiger charge is 2.13. The van der Waals surface area contributed by atoms with Crippen molar-refractivity contribution in [3.05, 3.63) is 70.1 Å². The number of carbonyl (C=O) groups excluding carboxylic acids is 1. The summed E-state index contributed by atoms with van der Waals surface area (Å²) in [6.07, 6.45) is 1.93. The molecular formula is C18H16ClN3O2. The normalized spacial score (nSPS) is 11.8. The molecule has 6 heteroatoms. The molecule has 0 amide bonds. The smallest absolute Gasteiger partial charge is 0.312 e. The molecule has 0 radical (unpaired) electrons. The van der Waals surface area contributed by atoms with Crippen molar-refractivity contribution in [2.24, 2.45) is 5.16 Å². The number of hydrogen-bond acceptors (Lipinski definition) is 4. The zero-order chi connectivity index (χ0) is 17.3. The zero-order valence-corrected chi connectivity index (χ0v) is 14.3. The Labute approximate surface area is 144 Å². The van der Waals surface area contributed by atoms with Gasteiger partial charge in [0, 0.05) is 11.2 Å². The highest BCUT2D eigenvalue weighted by Crippen LogP contribution is 2.15. The van der Waals surface area contributed by atoms with Crippen molar-refractivity contribution < 1.29 is 9.63 Å². The first kappa shape index (κ1) is 16.2. The number of carbonyl (C=O) groups is 1. The molecule has 5 nitrogen and oxygen atoms in total. The van der Waals surface area contributed by atoms with Gasteiger partial charge in [0.1, 0.15) is 11.4 Å². The number of pyridine rings is 1. The van der Waals surface area contributed by atoms with Crippen molar-refractivity contribution in [2.75, 3.05) is 0 Å². The monoisotopic (exact) mass is 341 g/mol. The Morgan fingerprint density at radius 1 is 1.21 bits per heavy atom. The number of halogens is 1. The van der Waals surface area contributed by atoms with Gasteiger partial charge in [-0.05, 0) is 62.7 Å². The fourth-order valence-corrected chi connectivity index (χ4v) is 2.62. The van der Waals surface area contributed by atoms with Crippen LogP contribution in [0.4, 0.5) is 0 Å². The number of fused-ring (bicyclic) bond motifs is 1. The number of imidazole rings is 1. The fourth-order valence-electron chi connectivity index (χ4n) is 2.49. The molecule has 0 unspecified atom stereocenters. The average Bonchev–Trinajstić information content (AvgIpc) is 2.87. The Morgan fingerprint density at radius 3 is 2.62 bits per heavy atom. The van der Waals surface area contributed by atoms with Crippen molar-refractivity contribution in [3.8, 4) is 0 Å². The van der Waals surface area contributed by atoms with Gasteiger partial charge in [-0.1, -0.05) is 16.8 Å². The topological polar surface area (TPSA) is 56.0 Å². The highest BCUT2D eigenvalue weighted by molar-refractivity contribution is 6.30. The first-order chi connectivity index (χ1) is 11.5. The summed E-state index contributed by atoms with van der Waals surface area (Å²) in [7, 11) is 0. The molecule has 0 aliphatic heterocycles. The van der Waals surface area contributed by atoms with E-state index in [2.05, 4.69) is 10.1 Å². The summed E-state index contributed by atoms with van der Waals surface area (Å²) in [5.41, 5.74) is 4.56. The average molecular weight is 342 g/mol. The summed E-state index contributed by atoms with van der Waals surface area (Å²) >= 11 is 5.81. The summed E-state index contributed by atoms with van der Waals surface area (Å²) < 4.78 is 1.93. The number of aromatic nitrogens is 2. The Bertz CT molecular complexity index is 943. The number of hydrogen-bond donors (Lipinski definition) is 0. The van der Waals surface area contributed by atoms with Crippen LogP contribution in [0.5, 0.6) is 0 Å². The lowest BCUT2D eigenvalue weighted by molar-refractivity contribution is 0.0516. The Kier molecular flexibility index (Phi) is 4.36. The molecule has 24 heavy (non-hydrogen) atoms. The lowest BCUT2D eigenvalue weighted by Crippen LogP contribution is -2.06. The van der Waals surface area contributed by atoms with Crippen LogP contribution in [0.15, 0.2) is 47.8 Å². The molecule has 2 aromatic heterocycles. The predicted octanol–water partition coefficient (Wildman–Crippen LogP) is 4.19. The lowest BCUT2D eigenvalue weighted by Gasteiger charge is -2.03. The van der Waals surface area contributed by atoms with Crippen LogP contribution in [0, 0.1) is 13.8 Å². The van der Waals surface area contributed by atoms with Crippen molar-refractivity contribution in [2.45, 2.75) is 20.8 Å². The lowest BCUT2D eigenvalue weighted by atomic mass is 10.2. The molecule has 0 saturated carbocycles. The molecule has 0 aliphatic carbocycles. The standard InChI is InChI=1S/C18H16ClN3O2/c1-11-8-9-22-16(10-11)20-12(2)17(22)13(3)21-24-18(23)14-4-6-15(19)7-5-14/h4-10H,1-3H3/b21-13+. The Hall–Kier alpha value is -2.66. The van der Waals surface area contributed by atoms with Crippen LogP contribution in [0.1, 0.15) is 34.2 Å². The van der Waals surface area contributed by atoms with E-state index in [0.717, 1.165) is 22.6 Å². The summed E-state index contributed by atoms with van der Waals surface area (Å²) in [4.78, 5) is 21.6. The van der Waals surface area contributed by atoms with Crippen molar-refractivity contribution >= 4 is 28.9 Å². The van der Waals surface area contributed by atoms with Gasteiger partial charge in [-0.3, -0.25) is 4.40 Å². The highest BCUT2D eigenvalue weighted by atomic mass is 35.5. The molecule has 3 rings (SSSR count). The maximum Gasteiger partial charge on any atom is 0.365 e. The minimum atomic E-state index is -0.534. The van der Waals surface area contributed by atoms with E-state index in [1.807, 2.05) is 36.6 Å². The van der Waals surface area contributed by atoms with Crippen LogP contribution in [0.3, 0.4) is 0 Å².